The number of hydrogen-bond donors (Lipinski definition) is 0. The van der Waals surface area contributed by atoms with Gasteiger partial charge in [0.2, 0.25) is 5.95 Å². The molecule has 1 atom stereocenters. The van der Waals surface area contributed by atoms with Gasteiger partial charge in [0.25, 0.3) is 0 Å². The van der Waals surface area contributed by atoms with Gasteiger partial charge in [-0.15, -0.1) is 0 Å². The number of halogens is 5. The Labute approximate surface area is 220 Å². The molecule has 0 saturated heterocycles. The Bertz CT molecular complexity index is 1540. The van der Waals surface area contributed by atoms with E-state index in [0.29, 0.717) is 12.0 Å². The second kappa shape index (κ2) is 9.95. The molecule has 0 N–H and O–H groups in total. The molecule has 3 heterocycles. The van der Waals surface area contributed by atoms with Gasteiger partial charge < -0.3 is 19.3 Å². The van der Waals surface area contributed by atoms with Crippen LogP contribution in [0.15, 0.2) is 36.5 Å². The third kappa shape index (κ3) is 4.71. The minimum absolute atomic E-state index is 0.0411. The first-order valence-corrected chi connectivity index (χ1v) is 11.9. The molecule has 8 nitrogen and oxygen atoms in total. The number of alkyl halides is 3. The Hall–Kier alpha value is -4.00. The molecule has 0 radical (unpaired) electrons. The van der Waals surface area contributed by atoms with Gasteiger partial charge in [0.05, 0.1) is 17.0 Å². The molecule has 0 aliphatic carbocycles. The van der Waals surface area contributed by atoms with Crippen molar-refractivity contribution >= 4 is 22.7 Å². The average molecular weight is 549 g/mol. The molecule has 0 saturated carbocycles. The fourth-order valence-corrected chi connectivity index (χ4v) is 4.84. The van der Waals surface area contributed by atoms with Gasteiger partial charge in [-0.2, -0.15) is 23.3 Å². The van der Waals surface area contributed by atoms with Gasteiger partial charge in [0.15, 0.2) is 29.8 Å². The van der Waals surface area contributed by atoms with E-state index in [1.165, 1.54) is 30.6 Å². The molecule has 0 spiro atoms. The van der Waals surface area contributed by atoms with Gasteiger partial charge >= 0.3 is 6.18 Å². The lowest BCUT2D eigenvalue weighted by Gasteiger charge is -2.38. The van der Waals surface area contributed by atoms with Crippen LogP contribution in [0.3, 0.4) is 0 Å². The average Bonchev–Trinajstić information content (AvgIpc) is 3.23. The fourth-order valence-electron chi connectivity index (χ4n) is 4.84. The number of fused-ring (bicyclic) bond motifs is 2. The second-order valence-corrected chi connectivity index (χ2v) is 9.33. The highest BCUT2D eigenvalue weighted by Crippen LogP contribution is 2.42. The molecular formula is C26H25F5N6O2. The second-order valence-electron chi connectivity index (χ2n) is 9.33. The van der Waals surface area contributed by atoms with E-state index in [1.807, 2.05) is 31.1 Å². The smallest absolute Gasteiger partial charge is 0.419 e. The summed E-state index contributed by atoms with van der Waals surface area (Å²) < 4.78 is 81.6. The predicted molar refractivity (Wildman–Crippen MR) is 135 cm³/mol. The van der Waals surface area contributed by atoms with Crippen LogP contribution in [0.1, 0.15) is 11.1 Å². The van der Waals surface area contributed by atoms with Gasteiger partial charge in [-0.25, -0.2) is 18.4 Å². The van der Waals surface area contributed by atoms with Crippen LogP contribution in [0.2, 0.25) is 0 Å². The Kier molecular flexibility index (Phi) is 6.79. The summed E-state index contributed by atoms with van der Waals surface area (Å²) in [6.07, 6.45) is -2.97. The Morgan fingerprint density at radius 2 is 1.87 bits per heavy atom. The highest BCUT2D eigenvalue weighted by molar-refractivity contribution is 5.91. The molecule has 0 amide bonds. The molecule has 4 aromatic rings. The van der Waals surface area contributed by atoms with Crippen molar-refractivity contribution in [2.75, 3.05) is 44.3 Å². The Balaban J connectivity index is 1.56. The normalized spacial score (nSPS) is 15.5. The van der Waals surface area contributed by atoms with Crippen LogP contribution < -0.4 is 14.5 Å². The zero-order chi connectivity index (χ0) is 28.1. The number of likely N-dealkylation sites (N-methyl/N-ethyl adjacent to an activating group) is 2. The van der Waals surface area contributed by atoms with Crippen molar-refractivity contribution < 1.29 is 31.4 Å². The number of aryl methyl sites for hydroxylation is 1. The summed E-state index contributed by atoms with van der Waals surface area (Å²) >= 11 is 0. The van der Waals surface area contributed by atoms with Crippen molar-refractivity contribution in [1.29, 1.82) is 0 Å². The maximum atomic E-state index is 15.4. The molecule has 0 bridgehead atoms. The van der Waals surface area contributed by atoms with Crippen LogP contribution in [0, 0.1) is 11.6 Å². The molecule has 2 aromatic heterocycles. The number of rotatable bonds is 6. The molecule has 206 valence electrons. The quantitative estimate of drug-likeness (QED) is 0.253. The van der Waals surface area contributed by atoms with Crippen LogP contribution in [0.5, 0.6) is 5.75 Å². The monoisotopic (exact) mass is 548 g/mol. The summed E-state index contributed by atoms with van der Waals surface area (Å²) in [5, 5.41) is 4.41. The molecule has 13 heteroatoms. The molecule has 0 fully saturated rings. The summed E-state index contributed by atoms with van der Waals surface area (Å²) in [5.74, 6) is -4.06. The number of para-hydroxylation sites is 1. The SMILES string of the molecule is COCOc1c(F)c(-c2nn(C)c3nc(N(C)C4Cc5ccccc5N(C)C4)ncc23)cc(C(F)(F)F)c1F. The fraction of sp³-hybridized carbons (Fsp3) is 0.346. The van der Waals surface area contributed by atoms with Crippen molar-refractivity contribution in [3.63, 3.8) is 0 Å². The van der Waals surface area contributed by atoms with Crippen molar-refractivity contribution in [1.82, 2.24) is 19.7 Å². The van der Waals surface area contributed by atoms with E-state index in [-0.39, 0.29) is 22.8 Å². The third-order valence-electron chi connectivity index (χ3n) is 6.82. The van der Waals surface area contributed by atoms with Gasteiger partial charge in [-0.05, 0) is 24.1 Å². The molecule has 1 unspecified atom stereocenters. The van der Waals surface area contributed by atoms with Crippen LogP contribution in [0.25, 0.3) is 22.3 Å². The molecular weight excluding hydrogens is 523 g/mol. The minimum atomic E-state index is -5.11. The number of anilines is 2. The van der Waals surface area contributed by atoms with Gasteiger partial charge in [-0.3, -0.25) is 0 Å². The maximum absolute atomic E-state index is 15.4. The van der Waals surface area contributed by atoms with E-state index in [1.54, 1.807) is 0 Å². The lowest BCUT2D eigenvalue weighted by Crippen LogP contribution is -2.46. The molecule has 2 aromatic carbocycles. The van der Waals surface area contributed by atoms with E-state index in [4.69, 9.17) is 4.74 Å². The van der Waals surface area contributed by atoms with E-state index >= 15 is 4.39 Å². The first kappa shape index (κ1) is 26.6. The highest BCUT2D eigenvalue weighted by Gasteiger charge is 2.39. The number of ether oxygens (including phenoxy) is 2. The van der Waals surface area contributed by atoms with E-state index in [9.17, 15) is 17.6 Å². The number of methoxy groups -OCH3 is 1. The summed E-state index contributed by atoms with van der Waals surface area (Å²) in [7, 11) is 6.57. The maximum Gasteiger partial charge on any atom is 0.419 e. The number of aromatic nitrogens is 4. The zero-order valence-corrected chi connectivity index (χ0v) is 21.6. The summed E-state index contributed by atoms with van der Waals surface area (Å²) in [5.41, 5.74) is 0.133. The van der Waals surface area contributed by atoms with Gasteiger partial charge in [0, 0.05) is 52.2 Å². The zero-order valence-electron chi connectivity index (χ0n) is 21.6. The number of benzene rings is 2. The lowest BCUT2D eigenvalue weighted by molar-refractivity contribution is -0.140. The standard InChI is InChI=1S/C26H25F5N6O2/c1-35-12-15(9-14-7-5-6-8-19(14)35)36(2)25-32-11-17-22(34-37(3)24(17)33-25)16-10-18(26(29,30)31)21(28)23(20(16)27)39-13-38-4/h5-8,10-11,15H,9,12-13H2,1-4H3. The molecule has 39 heavy (non-hydrogen) atoms. The Morgan fingerprint density at radius 3 is 2.59 bits per heavy atom. The van der Waals surface area contributed by atoms with Gasteiger partial charge in [-0.1, -0.05) is 18.2 Å². The molecule has 1 aliphatic rings. The van der Waals surface area contributed by atoms with Crippen LogP contribution in [0.4, 0.5) is 33.6 Å². The van der Waals surface area contributed by atoms with Crippen LogP contribution >= 0.6 is 0 Å². The van der Waals surface area contributed by atoms with Crippen molar-refractivity contribution in [2.24, 2.45) is 7.05 Å². The van der Waals surface area contributed by atoms with E-state index in [0.717, 1.165) is 18.7 Å². The van der Waals surface area contributed by atoms with Gasteiger partial charge in [0.1, 0.15) is 5.69 Å². The Morgan fingerprint density at radius 1 is 1.13 bits per heavy atom. The predicted octanol–water partition coefficient (Wildman–Crippen LogP) is 4.81. The van der Waals surface area contributed by atoms with Crippen molar-refractivity contribution in [3.05, 3.63) is 59.3 Å². The van der Waals surface area contributed by atoms with Crippen LogP contribution in [-0.2, 0) is 24.4 Å². The lowest BCUT2D eigenvalue weighted by atomic mass is 9.97. The minimum Gasteiger partial charge on any atom is -0.461 e. The van der Waals surface area contributed by atoms with Crippen molar-refractivity contribution in [3.8, 4) is 17.0 Å². The third-order valence-corrected chi connectivity index (χ3v) is 6.82. The summed E-state index contributed by atoms with van der Waals surface area (Å²) in [6, 6.07) is 8.53. The number of hydrogen-bond acceptors (Lipinski definition) is 7. The largest absolute Gasteiger partial charge is 0.461 e. The van der Waals surface area contributed by atoms with Crippen LogP contribution in [-0.4, -0.2) is 60.3 Å². The van der Waals surface area contributed by atoms with E-state index in [2.05, 4.69) is 36.8 Å². The number of nitrogens with zero attached hydrogens (tertiary/aromatic N) is 6. The molecule has 1 aliphatic heterocycles. The summed E-state index contributed by atoms with van der Waals surface area (Å²) in [4.78, 5) is 13.1. The molecule has 5 rings (SSSR count). The first-order chi connectivity index (χ1) is 18.5. The first-order valence-electron chi connectivity index (χ1n) is 11.9. The highest BCUT2D eigenvalue weighted by atomic mass is 19.4. The topological polar surface area (TPSA) is 68.5 Å². The summed E-state index contributed by atoms with van der Waals surface area (Å²) in [6.45, 7) is 0.0635. The van der Waals surface area contributed by atoms with E-state index < -0.39 is 41.5 Å². The van der Waals surface area contributed by atoms with Crippen molar-refractivity contribution in [2.45, 2.75) is 18.6 Å².